The fraction of sp³-hybridized carbons (Fsp3) is 0.762. The summed E-state index contributed by atoms with van der Waals surface area (Å²) in [6.45, 7) is 2.08. The second kappa shape index (κ2) is 4.93. The van der Waals surface area contributed by atoms with Gasteiger partial charge in [-0.25, -0.2) is 0 Å². The Kier molecular flexibility index (Phi) is 2.98. The van der Waals surface area contributed by atoms with Crippen LogP contribution in [0.25, 0.3) is 0 Å². The first kappa shape index (κ1) is 15.7. The van der Waals surface area contributed by atoms with Crippen LogP contribution in [-0.4, -0.2) is 53.7 Å². The van der Waals surface area contributed by atoms with Crippen molar-refractivity contribution in [1.29, 1.82) is 0 Å². The second-order valence-corrected chi connectivity index (χ2v) is 9.30. The van der Waals surface area contributed by atoms with Crippen molar-refractivity contribution in [3.63, 3.8) is 0 Å². The van der Waals surface area contributed by atoms with Crippen molar-refractivity contribution in [2.75, 3.05) is 20.2 Å². The van der Waals surface area contributed by atoms with E-state index in [2.05, 4.69) is 11.0 Å². The van der Waals surface area contributed by atoms with Crippen LogP contribution in [0.3, 0.4) is 0 Å². The molecule has 2 bridgehead atoms. The second-order valence-electron chi connectivity index (χ2n) is 9.30. The van der Waals surface area contributed by atoms with Gasteiger partial charge in [-0.15, -0.1) is 0 Å². The smallest absolute Gasteiger partial charge is 0.174 e. The molecule has 2 saturated heterocycles. The molecule has 2 aliphatic heterocycles. The maximum absolute atomic E-state index is 12.9. The molecular formula is C21H27NO4. The van der Waals surface area contributed by atoms with Gasteiger partial charge in [-0.3, -0.25) is 9.69 Å². The van der Waals surface area contributed by atoms with E-state index in [1.54, 1.807) is 7.11 Å². The van der Waals surface area contributed by atoms with Gasteiger partial charge >= 0.3 is 0 Å². The summed E-state index contributed by atoms with van der Waals surface area (Å²) in [5.74, 6) is 2.95. The highest BCUT2D eigenvalue weighted by Crippen LogP contribution is 2.69. The van der Waals surface area contributed by atoms with E-state index in [0.717, 1.165) is 43.4 Å². The van der Waals surface area contributed by atoms with Gasteiger partial charge in [0.05, 0.1) is 18.1 Å². The average Bonchev–Trinajstić information content (AvgIpc) is 3.37. The normalized spacial score (nSPS) is 49.1. The molecule has 0 radical (unpaired) electrons. The molecule has 1 spiro atoms. The van der Waals surface area contributed by atoms with Gasteiger partial charge in [-0.1, -0.05) is 6.08 Å². The minimum absolute atomic E-state index is 0.0843. The lowest BCUT2D eigenvalue weighted by Crippen LogP contribution is -2.76. The summed E-state index contributed by atoms with van der Waals surface area (Å²) in [5.41, 5.74) is -1.30. The van der Waals surface area contributed by atoms with E-state index in [1.807, 2.05) is 6.08 Å². The lowest BCUT2D eigenvalue weighted by molar-refractivity contribution is -0.244. The van der Waals surface area contributed by atoms with Crippen molar-refractivity contribution in [3.8, 4) is 0 Å². The molecule has 0 aromatic carbocycles. The zero-order chi connectivity index (χ0) is 17.7. The third-order valence-corrected chi connectivity index (χ3v) is 8.28. The topological polar surface area (TPSA) is 59.0 Å². The molecule has 0 amide bonds. The molecule has 3 saturated carbocycles. The molecule has 26 heavy (non-hydrogen) atoms. The maximum Gasteiger partial charge on any atom is 0.174 e. The van der Waals surface area contributed by atoms with Crippen LogP contribution in [0.2, 0.25) is 0 Å². The third kappa shape index (κ3) is 1.68. The Bertz CT molecular complexity index is 740. The Morgan fingerprint density at radius 3 is 3.00 bits per heavy atom. The van der Waals surface area contributed by atoms with Crippen molar-refractivity contribution in [2.24, 2.45) is 23.2 Å². The molecule has 0 aromatic rings. The number of hydrogen-bond acceptors (Lipinski definition) is 5. The first-order valence-corrected chi connectivity index (χ1v) is 10.2. The predicted molar refractivity (Wildman–Crippen MR) is 94.0 cm³/mol. The summed E-state index contributed by atoms with van der Waals surface area (Å²) >= 11 is 0. The van der Waals surface area contributed by atoms with Crippen LogP contribution in [0.5, 0.6) is 0 Å². The third-order valence-electron chi connectivity index (χ3n) is 8.28. The Hall–Kier alpha value is -1.33. The molecule has 5 heteroatoms. The Morgan fingerprint density at radius 1 is 1.38 bits per heavy atom. The van der Waals surface area contributed by atoms with Gasteiger partial charge in [0, 0.05) is 24.9 Å². The Labute approximate surface area is 154 Å². The summed E-state index contributed by atoms with van der Waals surface area (Å²) < 4.78 is 11.9. The number of Topliss-reactive ketones (excluding diaryl/α,β-unsaturated/α-hetero) is 1. The standard InChI is InChI=1S/C21H27NO4/c1-25-15-5-4-13-10-16-21(24)7-6-14(23)19-20(21,17(13)18(15)26-19)8-9-22(16)11-12-2-3-12/h4-5,12-13,16-17,19,24H,2-3,6-11H2,1H3/t13?,16-,17?,19+,20+,21-/m1/s1. The van der Waals surface area contributed by atoms with E-state index in [-0.39, 0.29) is 17.7 Å². The van der Waals surface area contributed by atoms with Crippen molar-refractivity contribution < 1.29 is 19.4 Å². The summed E-state index contributed by atoms with van der Waals surface area (Å²) in [6.07, 6.45) is 9.22. The van der Waals surface area contributed by atoms with Gasteiger partial charge in [-0.05, 0) is 56.6 Å². The summed E-state index contributed by atoms with van der Waals surface area (Å²) in [4.78, 5) is 15.4. The first-order chi connectivity index (χ1) is 12.6. The van der Waals surface area contributed by atoms with Crippen molar-refractivity contribution in [3.05, 3.63) is 23.7 Å². The van der Waals surface area contributed by atoms with Crippen LogP contribution in [0.15, 0.2) is 23.7 Å². The highest BCUT2D eigenvalue weighted by atomic mass is 16.5. The van der Waals surface area contributed by atoms with Gasteiger partial charge < -0.3 is 14.6 Å². The SMILES string of the molecule is COC1=C2O[C@H]3C(=O)CC[C@@]4(O)[C@H]5CC(C=C1)C2[C@@]34CCN5CC1CC1. The molecule has 0 aromatic heterocycles. The Balaban J connectivity index is 1.51. The molecule has 2 heterocycles. The molecule has 6 atom stereocenters. The zero-order valence-electron chi connectivity index (χ0n) is 15.3. The van der Waals surface area contributed by atoms with E-state index >= 15 is 0 Å². The van der Waals surface area contributed by atoms with Crippen LogP contribution in [0.4, 0.5) is 0 Å². The predicted octanol–water partition coefficient (Wildman–Crippen LogP) is 2.01. The van der Waals surface area contributed by atoms with Gasteiger partial charge in [0.15, 0.2) is 17.6 Å². The lowest BCUT2D eigenvalue weighted by Gasteiger charge is -2.65. The van der Waals surface area contributed by atoms with E-state index < -0.39 is 17.1 Å². The average molecular weight is 357 g/mol. The van der Waals surface area contributed by atoms with Crippen LogP contribution in [0.1, 0.15) is 38.5 Å². The molecule has 1 N–H and O–H groups in total. The monoisotopic (exact) mass is 357 g/mol. The number of rotatable bonds is 3. The highest BCUT2D eigenvalue weighted by molar-refractivity contribution is 5.87. The molecule has 5 fully saturated rings. The molecule has 5 nitrogen and oxygen atoms in total. The summed E-state index contributed by atoms with van der Waals surface area (Å²) in [6, 6.07) is 0.144. The van der Waals surface area contributed by atoms with E-state index in [9.17, 15) is 9.90 Å². The van der Waals surface area contributed by atoms with Gasteiger partial charge in [0.25, 0.3) is 0 Å². The number of ether oxygens (including phenoxy) is 2. The van der Waals surface area contributed by atoms with E-state index in [4.69, 9.17) is 9.47 Å². The van der Waals surface area contributed by atoms with Crippen LogP contribution >= 0.6 is 0 Å². The zero-order valence-corrected chi connectivity index (χ0v) is 15.3. The number of carbonyl (C=O) groups excluding carboxylic acids is 1. The number of hydrogen-bond donors (Lipinski definition) is 1. The number of likely N-dealkylation sites (tertiary alicyclic amines) is 1. The molecule has 4 aliphatic carbocycles. The number of nitrogens with zero attached hydrogens (tertiary/aromatic N) is 1. The van der Waals surface area contributed by atoms with Crippen molar-refractivity contribution in [1.82, 2.24) is 4.90 Å². The van der Waals surface area contributed by atoms with Crippen molar-refractivity contribution in [2.45, 2.75) is 56.3 Å². The Morgan fingerprint density at radius 2 is 2.23 bits per heavy atom. The van der Waals surface area contributed by atoms with Crippen LogP contribution in [-0.2, 0) is 14.3 Å². The van der Waals surface area contributed by atoms with E-state index in [1.165, 1.54) is 12.8 Å². The largest absolute Gasteiger partial charge is 0.493 e. The fourth-order valence-corrected chi connectivity index (χ4v) is 7.02. The first-order valence-electron chi connectivity index (χ1n) is 10.2. The number of piperidine rings is 1. The van der Waals surface area contributed by atoms with Crippen LogP contribution < -0.4 is 0 Å². The summed E-state index contributed by atoms with van der Waals surface area (Å²) in [5, 5.41) is 12.1. The van der Waals surface area contributed by atoms with Crippen molar-refractivity contribution >= 4 is 5.78 Å². The maximum atomic E-state index is 12.9. The quantitative estimate of drug-likeness (QED) is 0.837. The fourth-order valence-electron chi connectivity index (χ4n) is 7.02. The van der Waals surface area contributed by atoms with Crippen LogP contribution in [0, 0.1) is 23.2 Å². The molecule has 6 rings (SSSR count). The number of allylic oxidation sites excluding steroid dienone is 3. The number of ketones is 1. The molecule has 6 aliphatic rings. The minimum atomic E-state index is -0.828. The van der Waals surface area contributed by atoms with Gasteiger partial charge in [0.1, 0.15) is 5.76 Å². The number of methoxy groups -OCH3 is 1. The highest BCUT2D eigenvalue weighted by Gasteiger charge is 2.77. The minimum Gasteiger partial charge on any atom is -0.493 e. The molecule has 2 unspecified atom stereocenters. The molecular weight excluding hydrogens is 330 g/mol. The molecule has 140 valence electrons. The van der Waals surface area contributed by atoms with Gasteiger partial charge in [-0.2, -0.15) is 0 Å². The van der Waals surface area contributed by atoms with Gasteiger partial charge in [0.2, 0.25) is 0 Å². The lowest BCUT2D eigenvalue weighted by atomic mass is 9.44. The number of aliphatic hydroxyl groups is 1. The number of carbonyl (C=O) groups is 1. The van der Waals surface area contributed by atoms with E-state index in [0.29, 0.717) is 18.8 Å². The summed E-state index contributed by atoms with van der Waals surface area (Å²) in [7, 11) is 1.66.